The fraction of sp³-hybridized carbons (Fsp3) is 0. The maximum Gasteiger partial charge on any atom is 0.198 e. The van der Waals surface area contributed by atoms with Crippen LogP contribution in [0, 0.1) is 0 Å². The van der Waals surface area contributed by atoms with Crippen molar-refractivity contribution in [2.45, 2.75) is 4.90 Å². The van der Waals surface area contributed by atoms with E-state index in [0.717, 1.165) is 12.0 Å². The lowest BCUT2D eigenvalue weighted by molar-refractivity contribution is -0.432. The summed E-state index contributed by atoms with van der Waals surface area (Å²) in [5.41, 5.74) is 0.597. The van der Waals surface area contributed by atoms with Gasteiger partial charge in [-0.1, -0.05) is 5.04 Å². The molecule has 0 unspecified atom stereocenters. The van der Waals surface area contributed by atoms with Crippen LogP contribution in [0.15, 0.2) is 41.3 Å². The standard InChI is InChI=1S/C10H9NO5S/c12-9-5-6-10(13)11(9)7-1-3-8(4-2-7)17-16-15-14/h1-6,12-14H. The molecule has 6 nitrogen and oxygen atoms in total. The minimum atomic E-state index is -0.0576. The van der Waals surface area contributed by atoms with E-state index in [1.165, 1.54) is 16.7 Å². The molecule has 0 aliphatic rings. The molecule has 90 valence electrons. The fourth-order valence-electron chi connectivity index (χ4n) is 1.39. The van der Waals surface area contributed by atoms with Gasteiger partial charge >= 0.3 is 0 Å². The zero-order valence-corrected chi connectivity index (χ0v) is 9.29. The van der Waals surface area contributed by atoms with Gasteiger partial charge in [-0.15, -0.1) is 4.33 Å². The molecule has 2 aromatic rings. The van der Waals surface area contributed by atoms with Crippen LogP contribution in [0.3, 0.4) is 0 Å². The summed E-state index contributed by atoms with van der Waals surface area (Å²) in [4.78, 5) is 0.689. The molecular formula is C10H9NO5S. The largest absolute Gasteiger partial charge is 0.494 e. The molecular weight excluding hydrogens is 246 g/mol. The molecule has 0 fully saturated rings. The van der Waals surface area contributed by atoms with Crippen molar-refractivity contribution in [3.8, 4) is 17.4 Å². The third-order valence-electron chi connectivity index (χ3n) is 2.10. The highest BCUT2D eigenvalue weighted by Gasteiger charge is 2.07. The third kappa shape index (κ3) is 2.53. The maximum atomic E-state index is 9.52. The quantitative estimate of drug-likeness (QED) is 0.441. The molecule has 2 rings (SSSR count). The zero-order chi connectivity index (χ0) is 12.3. The van der Waals surface area contributed by atoms with Crippen LogP contribution in [0.4, 0.5) is 0 Å². The summed E-state index contributed by atoms with van der Waals surface area (Å²) in [6.07, 6.45) is 0. The molecule has 0 amide bonds. The number of aromatic hydroxyl groups is 2. The SMILES string of the molecule is OOOSc1ccc(-n2c(O)ccc2O)cc1. The van der Waals surface area contributed by atoms with Gasteiger partial charge in [0.25, 0.3) is 0 Å². The fourth-order valence-corrected chi connectivity index (χ4v) is 1.74. The van der Waals surface area contributed by atoms with Crippen molar-refractivity contribution in [3.63, 3.8) is 0 Å². The molecule has 3 N–H and O–H groups in total. The van der Waals surface area contributed by atoms with Gasteiger partial charge in [0.2, 0.25) is 0 Å². The number of hydrogen-bond acceptors (Lipinski definition) is 6. The molecule has 17 heavy (non-hydrogen) atoms. The Balaban J connectivity index is 2.23. The molecule has 0 saturated carbocycles. The molecule has 0 bridgehead atoms. The number of nitrogens with zero attached hydrogens (tertiary/aromatic N) is 1. The highest BCUT2D eigenvalue weighted by molar-refractivity contribution is 7.94. The molecule has 0 saturated heterocycles. The smallest absolute Gasteiger partial charge is 0.198 e. The van der Waals surface area contributed by atoms with Crippen LogP contribution in [0.25, 0.3) is 5.69 Å². The summed E-state index contributed by atoms with van der Waals surface area (Å²) in [5.74, 6) is -0.115. The maximum absolute atomic E-state index is 9.52. The van der Waals surface area contributed by atoms with E-state index in [2.05, 4.69) is 9.37 Å². The first-order valence-electron chi connectivity index (χ1n) is 4.57. The van der Waals surface area contributed by atoms with Gasteiger partial charge in [0.05, 0.1) is 17.7 Å². The van der Waals surface area contributed by atoms with Gasteiger partial charge in [-0.3, -0.25) is 4.57 Å². The Morgan fingerprint density at radius 3 is 2.06 bits per heavy atom. The van der Waals surface area contributed by atoms with E-state index in [4.69, 9.17) is 5.26 Å². The average Bonchev–Trinajstić information content (AvgIpc) is 2.67. The van der Waals surface area contributed by atoms with E-state index < -0.39 is 0 Å². The number of rotatable bonds is 4. The van der Waals surface area contributed by atoms with Gasteiger partial charge in [0.1, 0.15) is 0 Å². The molecule has 0 atom stereocenters. The molecule has 1 heterocycles. The predicted octanol–water partition coefficient (Wildman–Crippen LogP) is 2.32. The summed E-state index contributed by atoms with van der Waals surface area (Å²) < 4.78 is 5.54. The molecule has 1 aromatic heterocycles. The van der Waals surface area contributed by atoms with Crippen molar-refractivity contribution >= 4 is 12.0 Å². The molecule has 0 spiro atoms. The first kappa shape index (κ1) is 11.8. The Morgan fingerprint density at radius 1 is 0.941 bits per heavy atom. The second-order valence-electron chi connectivity index (χ2n) is 3.10. The minimum absolute atomic E-state index is 0.0576. The molecule has 1 aromatic carbocycles. The monoisotopic (exact) mass is 255 g/mol. The Morgan fingerprint density at radius 2 is 1.53 bits per heavy atom. The Hall–Kier alpha value is -1.67. The van der Waals surface area contributed by atoms with Gasteiger partial charge in [-0.05, 0) is 24.3 Å². The highest BCUT2D eigenvalue weighted by atomic mass is 32.2. The predicted molar refractivity (Wildman–Crippen MR) is 59.8 cm³/mol. The van der Waals surface area contributed by atoms with Crippen LogP contribution < -0.4 is 0 Å². The van der Waals surface area contributed by atoms with E-state index in [1.807, 2.05) is 0 Å². The summed E-state index contributed by atoms with van der Waals surface area (Å²) in [6.45, 7) is 0. The van der Waals surface area contributed by atoms with Gasteiger partial charge in [0, 0.05) is 17.0 Å². The normalized spacial score (nSPS) is 10.6. The summed E-state index contributed by atoms with van der Waals surface area (Å²) in [7, 11) is 0. The van der Waals surface area contributed by atoms with Crippen LogP contribution in [0.1, 0.15) is 0 Å². The van der Waals surface area contributed by atoms with Gasteiger partial charge in [0.15, 0.2) is 11.8 Å². The van der Waals surface area contributed by atoms with Gasteiger partial charge in [-0.2, -0.15) is 0 Å². The highest BCUT2D eigenvalue weighted by Crippen LogP contribution is 2.28. The Labute approximate surface area is 101 Å². The first-order valence-corrected chi connectivity index (χ1v) is 5.31. The zero-order valence-electron chi connectivity index (χ0n) is 8.48. The van der Waals surface area contributed by atoms with Crippen LogP contribution in [-0.4, -0.2) is 20.0 Å². The lowest BCUT2D eigenvalue weighted by Gasteiger charge is -2.07. The number of benzene rings is 1. The topological polar surface area (TPSA) is 84.1 Å². The third-order valence-corrected chi connectivity index (χ3v) is 2.69. The van der Waals surface area contributed by atoms with Crippen molar-refractivity contribution < 1.29 is 24.8 Å². The van der Waals surface area contributed by atoms with Gasteiger partial charge < -0.3 is 10.2 Å². The summed E-state index contributed by atoms with van der Waals surface area (Å²) >= 11 is 0.828. The Bertz CT molecular complexity index is 476. The second-order valence-corrected chi connectivity index (χ2v) is 3.88. The van der Waals surface area contributed by atoms with Crippen LogP contribution in [-0.2, 0) is 9.37 Å². The van der Waals surface area contributed by atoms with Crippen LogP contribution in [0.5, 0.6) is 11.8 Å². The van der Waals surface area contributed by atoms with E-state index >= 15 is 0 Å². The summed E-state index contributed by atoms with van der Waals surface area (Å²) in [6, 6.07) is 9.47. The van der Waals surface area contributed by atoms with Crippen molar-refractivity contribution in [2.24, 2.45) is 0 Å². The minimum Gasteiger partial charge on any atom is -0.494 e. The van der Waals surface area contributed by atoms with Crippen molar-refractivity contribution in [3.05, 3.63) is 36.4 Å². The van der Waals surface area contributed by atoms with E-state index in [-0.39, 0.29) is 11.8 Å². The average molecular weight is 255 g/mol. The van der Waals surface area contributed by atoms with E-state index in [1.54, 1.807) is 24.3 Å². The van der Waals surface area contributed by atoms with Crippen molar-refractivity contribution in [1.29, 1.82) is 0 Å². The van der Waals surface area contributed by atoms with Crippen LogP contribution in [0.2, 0.25) is 0 Å². The number of aromatic nitrogens is 1. The first-order chi connectivity index (χ1) is 8.22. The molecule has 0 radical (unpaired) electrons. The van der Waals surface area contributed by atoms with Gasteiger partial charge in [-0.25, -0.2) is 5.26 Å². The van der Waals surface area contributed by atoms with Crippen LogP contribution >= 0.6 is 12.0 Å². The lowest BCUT2D eigenvalue weighted by atomic mass is 10.3. The van der Waals surface area contributed by atoms with E-state index in [0.29, 0.717) is 10.6 Å². The molecule has 7 heteroatoms. The molecule has 0 aliphatic carbocycles. The number of hydrogen-bond donors (Lipinski definition) is 3. The second kappa shape index (κ2) is 5.11. The summed E-state index contributed by atoms with van der Waals surface area (Å²) in [5, 5.41) is 30.5. The molecule has 0 aliphatic heterocycles. The Kier molecular flexibility index (Phi) is 3.55. The van der Waals surface area contributed by atoms with E-state index in [9.17, 15) is 10.2 Å². The lowest BCUT2D eigenvalue weighted by Crippen LogP contribution is -1.92. The van der Waals surface area contributed by atoms with Crippen molar-refractivity contribution in [1.82, 2.24) is 4.57 Å². The van der Waals surface area contributed by atoms with Crippen molar-refractivity contribution in [2.75, 3.05) is 0 Å².